The van der Waals surface area contributed by atoms with Gasteiger partial charge in [-0.1, -0.05) is 22.8 Å². The Labute approximate surface area is 109 Å². The number of amides is 2. The zero-order valence-corrected chi connectivity index (χ0v) is 10.3. The second kappa shape index (κ2) is 5.41. The first-order chi connectivity index (χ1) is 9.11. The summed E-state index contributed by atoms with van der Waals surface area (Å²) in [4.78, 5) is 25.9. The summed E-state index contributed by atoms with van der Waals surface area (Å²) in [5, 5.41) is 8.59. The van der Waals surface area contributed by atoms with E-state index < -0.39 is 6.04 Å². The molecule has 1 saturated heterocycles. The Hall–Kier alpha value is -2.53. The SMILES string of the molecule is Cc1ccc(C(=O)NC2C(=O)NC2CN=[N+]=[N-])cc1. The number of hydrogen-bond donors (Lipinski definition) is 2. The monoisotopic (exact) mass is 259 g/mol. The van der Waals surface area contributed by atoms with E-state index in [2.05, 4.69) is 20.7 Å². The number of β-lactam (4-membered cyclic amide) rings is 1. The molecule has 0 saturated carbocycles. The zero-order valence-electron chi connectivity index (χ0n) is 10.3. The molecule has 2 atom stereocenters. The highest BCUT2D eigenvalue weighted by atomic mass is 16.2. The van der Waals surface area contributed by atoms with Gasteiger partial charge in [0.15, 0.2) is 0 Å². The van der Waals surface area contributed by atoms with Gasteiger partial charge in [0, 0.05) is 17.0 Å². The number of rotatable bonds is 4. The fourth-order valence-electron chi connectivity index (χ4n) is 1.81. The molecule has 98 valence electrons. The van der Waals surface area contributed by atoms with Gasteiger partial charge < -0.3 is 10.6 Å². The normalized spacial score (nSPS) is 20.8. The summed E-state index contributed by atoms with van der Waals surface area (Å²) in [5.74, 6) is -0.579. The van der Waals surface area contributed by atoms with Gasteiger partial charge in [0.05, 0.1) is 6.04 Å². The molecule has 0 bridgehead atoms. The molecular weight excluding hydrogens is 246 g/mol. The Morgan fingerprint density at radius 3 is 2.74 bits per heavy atom. The Morgan fingerprint density at radius 2 is 2.16 bits per heavy atom. The number of aryl methyl sites for hydroxylation is 1. The number of carbonyl (C=O) groups excluding carboxylic acids is 2. The predicted octanol–water partition coefficient (Wildman–Crippen LogP) is 0.902. The lowest BCUT2D eigenvalue weighted by Gasteiger charge is -2.36. The van der Waals surface area contributed by atoms with Crippen LogP contribution in [0.4, 0.5) is 0 Å². The molecule has 0 spiro atoms. The van der Waals surface area contributed by atoms with Gasteiger partial charge in [-0.15, -0.1) is 0 Å². The fourth-order valence-corrected chi connectivity index (χ4v) is 1.81. The molecule has 1 aromatic rings. The van der Waals surface area contributed by atoms with Crippen molar-refractivity contribution in [3.63, 3.8) is 0 Å². The highest BCUT2D eigenvalue weighted by Crippen LogP contribution is 2.09. The summed E-state index contributed by atoms with van der Waals surface area (Å²) < 4.78 is 0. The van der Waals surface area contributed by atoms with Crippen LogP contribution in [0.15, 0.2) is 29.4 Å². The van der Waals surface area contributed by atoms with Crippen molar-refractivity contribution in [1.29, 1.82) is 0 Å². The minimum atomic E-state index is -0.640. The second-order valence-electron chi connectivity index (χ2n) is 4.35. The van der Waals surface area contributed by atoms with Gasteiger partial charge in [-0.2, -0.15) is 0 Å². The van der Waals surface area contributed by atoms with Crippen LogP contribution in [0.3, 0.4) is 0 Å². The van der Waals surface area contributed by atoms with Gasteiger partial charge in [-0.3, -0.25) is 9.59 Å². The molecule has 19 heavy (non-hydrogen) atoms. The topological polar surface area (TPSA) is 107 Å². The van der Waals surface area contributed by atoms with Crippen LogP contribution in [0.2, 0.25) is 0 Å². The van der Waals surface area contributed by atoms with Crippen molar-refractivity contribution in [2.45, 2.75) is 19.0 Å². The van der Waals surface area contributed by atoms with Crippen molar-refractivity contribution < 1.29 is 9.59 Å². The van der Waals surface area contributed by atoms with Crippen LogP contribution in [0.5, 0.6) is 0 Å². The van der Waals surface area contributed by atoms with E-state index in [1.54, 1.807) is 12.1 Å². The molecule has 1 aliphatic rings. The first-order valence-electron chi connectivity index (χ1n) is 5.80. The summed E-state index contributed by atoms with van der Waals surface area (Å²) in [6.45, 7) is 2.05. The van der Waals surface area contributed by atoms with Crippen molar-refractivity contribution >= 4 is 11.8 Å². The standard InChI is InChI=1S/C12H13N5O2/c1-7-2-4-8(5-3-7)11(18)16-10-9(6-14-17-13)15-12(10)19/h2-5,9-10H,6H2,1H3,(H,15,19)(H,16,18). The highest BCUT2D eigenvalue weighted by molar-refractivity contribution is 5.99. The third-order valence-electron chi connectivity index (χ3n) is 2.95. The zero-order chi connectivity index (χ0) is 13.8. The summed E-state index contributed by atoms with van der Waals surface area (Å²) in [5.41, 5.74) is 9.78. The Balaban J connectivity index is 1.99. The van der Waals surface area contributed by atoms with Gasteiger partial charge in [0.1, 0.15) is 6.04 Å². The maximum absolute atomic E-state index is 11.9. The fraction of sp³-hybridized carbons (Fsp3) is 0.333. The van der Waals surface area contributed by atoms with Crippen molar-refractivity contribution in [3.05, 3.63) is 45.8 Å². The van der Waals surface area contributed by atoms with E-state index in [0.717, 1.165) is 5.56 Å². The number of hydrogen-bond acceptors (Lipinski definition) is 3. The van der Waals surface area contributed by atoms with E-state index in [1.165, 1.54) is 0 Å². The molecule has 0 aromatic heterocycles. The summed E-state index contributed by atoms with van der Waals surface area (Å²) >= 11 is 0. The van der Waals surface area contributed by atoms with E-state index in [1.807, 2.05) is 19.1 Å². The van der Waals surface area contributed by atoms with Crippen LogP contribution in [-0.2, 0) is 4.79 Å². The molecule has 1 fully saturated rings. The molecule has 7 heteroatoms. The highest BCUT2D eigenvalue weighted by Gasteiger charge is 2.39. The number of carbonyl (C=O) groups is 2. The van der Waals surface area contributed by atoms with E-state index in [4.69, 9.17) is 5.53 Å². The van der Waals surface area contributed by atoms with Crippen LogP contribution < -0.4 is 10.6 Å². The average Bonchev–Trinajstić information content (AvgIpc) is 2.41. The minimum Gasteiger partial charge on any atom is -0.349 e. The van der Waals surface area contributed by atoms with Crippen molar-refractivity contribution in [1.82, 2.24) is 10.6 Å². The van der Waals surface area contributed by atoms with Gasteiger partial charge in [0.25, 0.3) is 5.91 Å². The molecule has 1 heterocycles. The lowest BCUT2D eigenvalue weighted by atomic mass is 9.98. The van der Waals surface area contributed by atoms with Crippen molar-refractivity contribution in [2.24, 2.45) is 5.11 Å². The van der Waals surface area contributed by atoms with Gasteiger partial charge in [-0.05, 0) is 24.6 Å². The lowest BCUT2D eigenvalue weighted by Crippen LogP contribution is -2.70. The first-order valence-corrected chi connectivity index (χ1v) is 5.80. The molecule has 2 N–H and O–H groups in total. The smallest absolute Gasteiger partial charge is 0.251 e. The number of nitrogens with zero attached hydrogens (tertiary/aromatic N) is 3. The Morgan fingerprint density at radius 1 is 1.47 bits per heavy atom. The average molecular weight is 259 g/mol. The predicted molar refractivity (Wildman–Crippen MR) is 68.4 cm³/mol. The molecule has 1 aliphatic heterocycles. The molecule has 2 unspecified atom stereocenters. The molecule has 7 nitrogen and oxygen atoms in total. The van der Waals surface area contributed by atoms with E-state index in [-0.39, 0.29) is 24.4 Å². The number of nitrogens with one attached hydrogen (secondary N) is 2. The summed E-state index contributed by atoms with van der Waals surface area (Å²) in [6.07, 6.45) is 0. The van der Waals surface area contributed by atoms with Gasteiger partial charge >= 0.3 is 0 Å². The molecule has 2 amide bonds. The molecular formula is C12H13N5O2. The molecule has 0 radical (unpaired) electrons. The van der Waals surface area contributed by atoms with Crippen LogP contribution >= 0.6 is 0 Å². The molecule has 0 aliphatic carbocycles. The third-order valence-corrected chi connectivity index (χ3v) is 2.95. The van der Waals surface area contributed by atoms with E-state index in [9.17, 15) is 9.59 Å². The Kier molecular flexibility index (Phi) is 3.68. The maximum atomic E-state index is 11.9. The summed E-state index contributed by atoms with van der Waals surface area (Å²) in [7, 11) is 0. The van der Waals surface area contributed by atoms with Crippen LogP contribution in [0.1, 0.15) is 15.9 Å². The largest absolute Gasteiger partial charge is 0.349 e. The summed E-state index contributed by atoms with van der Waals surface area (Å²) in [6, 6.07) is 6.07. The van der Waals surface area contributed by atoms with Crippen LogP contribution in [0, 0.1) is 6.92 Å². The number of azide groups is 1. The van der Waals surface area contributed by atoms with Gasteiger partial charge in [-0.25, -0.2) is 0 Å². The van der Waals surface area contributed by atoms with E-state index >= 15 is 0 Å². The lowest BCUT2D eigenvalue weighted by molar-refractivity contribution is -0.131. The van der Waals surface area contributed by atoms with Crippen LogP contribution in [0.25, 0.3) is 10.4 Å². The maximum Gasteiger partial charge on any atom is 0.251 e. The van der Waals surface area contributed by atoms with Crippen molar-refractivity contribution in [2.75, 3.05) is 6.54 Å². The van der Waals surface area contributed by atoms with Crippen LogP contribution in [-0.4, -0.2) is 30.4 Å². The molecule has 2 rings (SSSR count). The minimum absolute atomic E-state index is 0.126. The number of benzene rings is 1. The van der Waals surface area contributed by atoms with E-state index in [0.29, 0.717) is 5.56 Å². The van der Waals surface area contributed by atoms with Crippen molar-refractivity contribution in [3.8, 4) is 0 Å². The second-order valence-corrected chi connectivity index (χ2v) is 4.35. The molecule has 1 aromatic carbocycles. The third kappa shape index (κ3) is 2.83. The first kappa shape index (κ1) is 12.9. The quantitative estimate of drug-likeness (QED) is 0.363. The van der Waals surface area contributed by atoms with Gasteiger partial charge in [0.2, 0.25) is 5.91 Å². The Bertz CT molecular complexity index is 548.